The van der Waals surface area contributed by atoms with Gasteiger partial charge in [-0.25, -0.2) is 19.2 Å². The van der Waals surface area contributed by atoms with E-state index in [1.54, 1.807) is 32.7 Å². The number of tetrazole rings is 1. The zero-order valence-corrected chi connectivity index (χ0v) is 13.2. The van der Waals surface area contributed by atoms with Crippen molar-refractivity contribution in [3.05, 3.63) is 54.5 Å². The number of rotatable bonds is 3. The fourth-order valence-electron chi connectivity index (χ4n) is 2.79. The lowest BCUT2D eigenvalue weighted by Crippen LogP contribution is -1.97. The van der Waals surface area contributed by atoms with Crippen molar-refractivity contribution in [3.63, 3.8) is 0 Å². The summed E-state index contributed by atoms with van der Waals surface area (Å²) in [5.41, 5.74) is 3.55. The zero-order valence-electron chi connectivity index (χ0n) is 13.2. The molecule has 0 atom stereocenters. The van der Waals surface area contributed by atoms with E-state index in [4.69, 9.17) is 0 Å². The van der Waals surface area contributed by atoms with Gasteiger partial charge in [-0.2, -0.15) is 5.10 Å². The van der Waals surface area contributed by atoms with Gasteiger partial charge in [0.2, 0.25) is 0 Å². The van der Waals surface area contributed by atoms with Crippen LogP contribution in [-0.2, 0) is 13.5 Å². The molecule has 122 valence electrons. The molecule has 0 spiro atoms. The molecule has 0 saturated heterocycles. The first-order valence-corrected chi connectivity index (χ1v) is 7.62. The Bertz CT molecular complexity index is 1170. The predicted octanol–water partition coefficient (Wildman–Crippen LogP) is 0.577. The highest BCUT2D eigenvalue weighted by atomic mass is 15.5. The van der Waals surface area contributed by atoms with Gasteiger partial charge in [-0.05, 0) is 28.1 Å². The average molecular weight is 332 g/mol. The molecule has 0 saturated carbocycles. The van der Waals surface area contributed by atoms with Gasteiger partial charge in [0.25, 0.3) is 0 Å². The predicted molar refractivity (Wildman–Crippen MR) is 87.0 cm³/mol. The summed E-state index contributed by atoms with van der Waals surface area (Å²) in [5.74, 6) is 0.730. The first kappa shape index (κ1) is 13.7. The number of hydrogen-bond donors (Lipinski definition) is 0. The molecule has 4 aromatic heterocycles. The van der Waals surface area contributed by atoms with Crippen molar-refractivity contribution in [1.82, 2.24) is 49.6 Å². The van der Waals surface area contributed by atoms with E-state index in [0.29, 0.717) is 6.42 Å². The minimum absolute atomic E-state index is 0.624. The Morgan fingerprint density at radius 3 is 2.72 bits per heavy atom. The van der Waals surface area contributed by atoms with Gasteiger partial charge in [-0.3, -0.25) is 4.68 Å². The molecule has 0 unspecified atom stereocenters. The molecule has 0 aliphatic carbocycles. The van der Waals surface area contributed by atoms with Crippen molar-refractivity contribution in [1.29, 1.82) is 0 Å². The topological polar surface area (TPSA) is 105 Å². The first-order chi connectivity index (χ1) is 12.3. The van der Waals surface area contributed by atoms with Crippen molar-refractivity contribution in [2.45, 2.75) is 6.42 Å². The van der Waals surface area contributed by atoms with Crippen LogP contribution in [0.25, 0.3) is 22.4 Å². The van der Waals surface area contributed by atoms with Crippen LogP contribution < -0.4 is 0 Å². The van der Waals surface area contributed by atoms with Gasteiger partial charge in [-0.1, -0.05) is 12.1 Å². The number of benzene rings is 1. The lowest BCUT2D eigenvalue weighted by molar-refractivity contribution is 0.782. The molecule has 10 nitrogen and oxygen atoms in total. The second-order valence-electron chi connectivity index (χ2n) is 5.64. The minimum Gasteiger partial charge on any atom is -0.250 e. The average Bonchev–Trinajstić information content (AvgIpc) is 3.35. The van der Waals surface area contributed by atoms with Crippen LogP contribution in [0, 0.1) is 0 Å². The maximum atomic E-state index is 4.64. The van der Waals surface area contributed by atoms with E-state index in [1.165, 1.54) is 0 Å². The van der Waals surface area contributed by atoms with Crippen LogP contribution in [0.4, 0.5) is 0 Å². The minimum atomic E-state index is 0.624. The highest BCUT2D eigenvalue weighted by molar-refractivity contribution is 5.88. The number of nitrogens with zero attached hydrogens (tertiary/aromatic N) is 10. The Hall–Kier alpha value is -3.69. The Morgan fingerprint density at radius 1 is 1.04 bits per heavy atom. The number of fused-ring (bicyclic) bond motifs is 3. The van der Waals surface area contributed by atoms with E-state index in [9.17, 15) is 0 Å². The van der Waals surface area contributed by atoms with E-state index < -0.39 is 0 Å². The highest BCUT2D eigenvalue weighted by Crippen LogP contribution is 2.17. The first-order valence-electron chi connectivity index (χ1n) is 7.62. The van der Waals surface area contributed by atoms with Crippen LogP contribution in [0.3, 0.4) is 0 Å². The Morgan fingerprint density at radius 2 is 1.92 bits per heavy atom. The lowest BCUT2D eigenvalue weighted by Gasteiger charge is -2.01. The number of aromatic nitrogens is 10. The summed E-state index contributed by atoms with van der Waals surface area (Å²) in [7, 11) is 1.86. The summed E-state index contributed by atoms with van der Waals surface area (Å²) in [6.07, 6.45) is 5.61. The quantitative estimate of drug-likeness (QED) is 0.476. The van der Waals surface area contributed by atoms with E-state index in [-0.39, 0.29) is 0 Å². The summed E-state index contributed by atoms with van der Waals surface area (Å²) in [5, 5.41) is 20.8. The van der Waals surface area contributed by atoms with Crippen LogP contribution in [-0.4, -0.2) is 49.6 Å². The Labute approximate surface area is 140 Å². The van der Waals surface area contributed by atoms with Crippen molar-refractivity contribution >= 4 is 16.7 Å². The Balaban J connectivity index is 1.48. The molecule has 5 rings (SSSR count). The van der Waals surface area contributed by atoms with Crippen LogP contribution in [0.5, 0.6) is 0 Å². The third-order valence-electron chi connectivity index (χ3n) is 4.03. The van der Waals surface area contributed by atoms with E-state index >= 15 is 0 Å². The van der Waals surface area contributed by atoms with Gasteiger partial charge < -0.3 is 0 Å². The molecule has 25 heavy (non-hydrogen) atoms. The highest BCUT2D eigenvalue weighted by Gasteiger charge is 2.11. The lowest BCUT2D eigenvalue weighted by atomic mass is 10.1. The smallest absolute Gasteiger partial charge is 0.170 e. The van der Waals surface area contributed by atoms with Crippen molar-refractivity contribution in [3.8, 4) is 5.69 Å². The van der Waals surface area contributed by atoms with Gasteiger partial charge in [0.15, 0.2) is 17.1 Å². The molecule has 0 bridgehead atoms. The molecule has 1 aromatic carbocycles. The third kappa shape index (κ3) is 2.23. The maximum absolute atomic E-state index is 4.64. The third-order valence-corrected chi connectivity index (χ3v) is 4.03. The molecule has 0 amide bonds. The summed E-state index contributed by atoms with van der Waals surface area (Å²) in [6.45, 7) is 0. The van der Waals surface area contributed by atoms with Gasteiger partial charge in [0.05, 0.1) is 17.3 Å². The number of hydrogen-bond acceptors (Lipinski definition) is 7. The fraction of sp³-hybridized carbons (Fsp3) is 0.133. The SMILES string of the molecule is Cn1ncc2c1ncn1nc(Cc3ccc(-n4cnnn4)cc3)nc21. The summed E-state index contributed by atoms with van der Waals surface area (Å²) < 4.78 is 5.02. The summed E-state index contributed by atoms with van der Waals surface area (Å²) >= 11 is 0. The van der Waals surface area contributed by atoms with E-state index in [1.807, 2.05) is 31.3 Å². The second-order valence-corrected chi connectivity index (χ2v) is 5.64. The number of aryl methyl sites for hydroxylation is 1. The molecule has 4 heterocycles. The molecule has 10 heteroatoms. The van der Waals surface area contributed by atoms with Crippen LogP contribution >= 0.6 is 0 Å². The van der Waals surface area contributed by atoms with Gasteiger partial charge in [0.1, 0.15) is 12.7 Å². The van der Waals surface area contributed by atoms with Gasteiger partial charge in [-0.15, -0.1) is 10.2 Å². The molecular formula is C15H12N10. The van der Waals surface area contributed by atoms with Crippen molar-refractivity contribution in [2.75, 3.05) is 0 Å². The largest absolute Gasteiger partial charge is 0.250 e. The summed E-state index contributed by atoms with van der Waals surface area (Å²) in [6, 6.07) is 7.95. The molecule has 5 aromatic rings. The monoisotopic (exact) mass is 332 g/mol. The second kappa shape index (κ2) is 5.16. The molecular weight excluding hydrogens is 320 g/mol. The van der Waals surface area contributed by atoms with Crippen LogP contribution in [0.15, 0.2) is 43.1 Å². The van der Waals surface area contributed by atoms with Gasteiger partial charge >= 0.3 is 0 Å². The zero-order chi connectivity index (χ0) is 16.8. The van der Waals surface area contributed by atoms with E-state index in [0.717, 1.165) is 33.8 Å². The standard InChI is InChI=1S/C15H12N10/c1-23-14-12(7-18-23)15-19-13(20-25(15)8-16-14)6-10-2-4-11(5-3-10)24-9-17-21-22-24/h2-5,7-9H,6H2,1H3. The summed E-state index contributed by atoms with van der Waals surface area (Å²) in [4.78, 5) is 9.01. The van der Waals surface area contributed by atoms with Crippen LogP contribution in [0.2, 0.25) is 0 Å². The molecule has 0 fully saturated rings. The fourth-order valence-corrected chi connectivity index (χ4v) is 2.79. The Kier molecular flexibility index (Phi) is 2.83. The maximum Gasteiger partial charge on any atom is 0.170 e. The molecule has 0 radical (unpaired) electrons. The van der Waals surface area contributed by atoms with Crippen LogP contribution in [0.1, 0.15) is 11.4 Å². The molecule has 0 aliphatic heterocycles. The van der Waals surface area contributed by atoms with Gasteiger partial charge in [0, 0.05) is 13.5 Å². The van der Waals surface area contributed by atoms with Crippen molar-refractivity contribution in [2.24, 2.45) is 7.05 Å². The molecule has 0 aliphatic rings. The van der Waals surface area contributed by atoms with E-state index in [2.05, 4.69) is 35.7 Å². The van der Waals surface area contributed by atoms with Crippen molar-refractivity contribution < 1.29 is 0 Å². The molecule has 0 N–H and O–H groups in total. The normalized spacial score (nSPS) is 11.6.